The normalized spacial score (nSPS) is 11.4. The molecule has 166 valence electrons. The number of aryl methyl sites for hydroxylation is 1. The summed E-state index contributed by atoms with van der Waals surface area (Å²) in [5.41, 5.74) is 1.87. The molecule has 0 radical (unpaired) electrons. The predicted octanol–water partition coefficient (Wildman–Crippen LogP) is 6.51. The Labute approximate surface area is 198 Å². The molecular formula is C24H30ClN3OS2. The van der Waals surface area contributed by atoms with Crippen molar-refractivity contribution in [2.24, 2.45) is 0 Å². The van der Waals surface area contributed by atoms with Crippen molar-refractivity contribution in [2.75, 3.05) is 36.8 Å². The van der Waals surface area contributed by atoms with Gasteiger partial charge >= 0.3 is 0 Å². The number of thiazole rings is 1. The number of aromatic nitrogens is 1. The first-order valence-electron chi connectivity index (χ1n) is 10.8. The molecule has 0 N–H and O–H groups in total. The molecule has 3 rings (SSSR count). The first-order valence-corrected chi connectivity index (χ1v) is 13.0. The largest absolute Gasteiger partial charge is 0.302 e. The lowest BCUT2D eigenvalue weighted by atomic mass is 10.2. The van der Waals surface area contributed by atoms with Crippen LogP contribution in [0.3, 0.4) is 0 Å². The van der Waals surface area contributed by atoms with Gasteiger partial charge in [0.2, 0.25) is 5.91 Å². The van der Waals surface area contributed by atoms with E-state index in [1.54, 1.807) is 23.1 Å². The van der Waals surface area contributed by atoms with Gasteiger partial charge in [-0.25, -0.2) is 4.98 Å². The SMILES string of the molecule is CCN(CC)CCN(C(=O)CCCSc1ccccc1)c1nc2c(C)c(Cl)ccc2s1. The minimum atomic E-state index is 0.142. The molecule has 31 heavy (non-hydrogen) atoms. The molecule has 1 heterocycles. The highest BCUT2D eigenvalue weighted by atomic mass is 35.5. The van der Waals surface area contributed by atoms with Crippen LogP contribution in [0.25, 0.3) is 10.2 Å². The van der Waals surface area contributed by atoms with E-state index in [-0.39, 0.29) is 5.91 Å². The highest BCUT2D eigenvalue weighted by molar-refractivity contribution is 7.99. The zero-order valence-electron chi connectivity index (χ0n) is 18.4. The van der Waals surface area contributed by atoms with Gasteiger partial charge in [-0.05, 0) is 62.0 Å². The summed E-state index contributed by atoms with van der Waals surface area (Å²) in [5.74, 6) is 1.07. The van der Waals surface area contributed by atoms with E-state index < -0.39 is 0 Å². The van der Waals surface area contributed by atoms with E-state index >= 15 is 0 Å². The Balaban J connectivity index is 1.71. The van der Waals surface area contributed by atoms with Crippen molar-refractivity contribution in [3.8, 4) is 0 Å². The summed E-state index contributed by atoms with van der Waals surface area (Å²) in [6.45, 7) is 9.73. The van der Waals surface area contributed by atoms with E-state index in [0.29, 0.717) is 18.0 Å². The average molecular weight is 476 g/mol. The van der Waals surface area contributed by atoms with Crippen molar-refractivity contribution in [1.29, 1.82) is 0 Å². The second-order valence-corrected chi connectivity index (χ2v) is 9.94. The molecule has 0 atom stereocenters. The van der Waals surface area contributed by atoms with Crippen molar-refractivity contribution in [3.05, 3.63) is 53.1 Å². The third kappa shape index (κ3) is 6.45. The second-order valence-electron chi connectivity index (χ2n) is 7.35. The van der Waals surface area contributed by atoms with E-state index in [1.165, 1.54) is 4.90 Å². The van der Waals surface area contributed by atoms with Gasteiger partial charge in [-0.3, -0.25) is 9.69 Å². The van der Waals surface area contributed by atoms with Crippen LogP contribution in [-0.4, -0.2) is 47.7 Å². The Hall–Kier alpha value is -1.60. The Morgan fingerprint density at radius 2 is 1.84 bits per heavy atom. The molecule has 0 bridgehead atoms. The minimum absolute atomic E-state index is 0.142. The number of rotatable bonds is 11. The molecule has 3 aromatic rings. The van der Waals surface area contributed by atoms with Crippen molar-refractivity contribution in [3.63, 3.8) is 0 Å². The van der Waals surface area contributed by atoms with E-state index in [4.69, 9.17) is 16.6 Å². The maximum absolute atomic E-state index is 13.2. The quantitative estimate of drug-likeness (QED) is 0.234. The Kier molecular flexibility index (Phi) is 9.20. The number of amides is 1. The standard InChI is InChI=1S/C24H30ClN3OS2/c1-4-27(5-2)15-16-28(22(29)12-9-17-30-19-10-7-6-8-11-19)24-26-23-18(3)20(25)13-14-21(23)31-24/h6-8,10-11,13-14H,4-5,9,12,15-17H2,1-3H3. The molecule has 0 saturated carbocycles. The number of carbonyl (C=O) groups excluding carboxylic acids is 1. The number of hydrogen-bond donors (Lipinski definition) is 0. The highest BCUT2D eigenvalue weighted by Gasteiger charge is 2.21. The summed E-state index contributed by atoms with van der Waals surface area (Å²) in [7, 11) is 0. The number of nitrogens with zero attached hydrogens (tertiary/aromatic N) is 3. The fourth-order valence-electron chi connectivity index (χ4n) is 3.38. The van der Waals surface area contributed by atoms with Crippen LogP contribution in [0.15, 0.2) is 47.4 Å². The lowest BCUT2D eigenvalue weighted by Crippen LogP contribution is -2.38. The summed E-state index contributed by atoms with van der Waals surface area (Å²) >= 11 is 9.66. The number of benzene rings is 2. The summed E-state index contributed by atoms with van der Waals surface area (Å²) in [5, 5.41) is 1.48. The molecule has 0 saturated heterocycles. The minimum Gasteiger partial charge on any atom is -0.302 e. The lowest BCUT2D eigenvalue weighted by Gasteiger charge is -2.24. The number of halogens is 1. The monoisotopic (exact) mass is 475 g/mol. The van der Waals surface area contributed by atoms with Crippen LogP contribution >= 0.6 is 34.7 Å². The third-order valence-corrected chi connectivity index (χ3v) is 7.90. The van der Waals surface area contributed by atoms with Gasteiger partial charge in [0, 0.05) is 29.4 Å². The molecule has 0 aliphatic heterocycles. The van der Waals surface area contributed by atoms with Crippen LogP contribution in [0.5, 0.6) is 0 Å². The van der Waals surface area contributed by atoms with Gasteiger partial charge in [-0.15, -0.1) is 11.8 Å². The maximum Gasteiger partial charge on any atom is 0.228 e. The summed E-state index contributed by atoms with van der Waals surface area (Å²) in [4.78, 5) is 23.5. The average Bonchev–Trinajstić information content (AvgIpc) is 3.22. The number of carbonyl (C=O) groups is 1. The fraction of sp³-hybridized carbons (Fsp3) is 0.417. The maximum atomic E-state index is 13.2. The Bertz CT molecular complexity index is 989. The van der Waals surface area contributed by atoms with Crippen molar-refractivity contribution in [1.82, 2.24) is 9.88 Å². The summed E-state index contributed by atoms with van der Waals surface area (Å²) in [6, 6.07) is 14.2. The molecule has 0 fully saturated rings. The summed E-state index contributed by atoms with van der Waals surface area (Å²) < 4.78 is 1.07. The number of hydrogen-bond acceptors (Lipinski definition) is 5. The number of anilines is 1. The van der Waals surface area contributed by atoms with Gasteiger partial charge in [0.05, 0.1) is 10.2 Å². The molecular weight excluding hydrogens is 446 g/mol. The Morgan fingerprint density at radius 1 is 1.10 bits per heavy atom. The van der Waals surface area contributed by atoms with Crippen LogP contribution in [0.4, 0.5) is 5.13 Å². The molecule has 0 aliphatic rings. The molecule has 0 spiro atoms. The topological polar surface area (TPSA) is 36.4 Å². The molecule has 0 aliphatic carbocycles. The number of thioether (sulfide) groups is 1. The van der Waals surface area contributed by atoms with Gasteiger partial charge in [0.25, 0.3) is 0 Å². The molecule has 0 unspecified atom stereocenters. The zero-order chi connectivity index (χ0) is 22.2. The van der Waals surface area contributed by atoms with Crippen LogP contribution in [-0.2, 0) is 4.79 Å². The van der Waals surface area contributed by atoms with Crippen molar-refractivity contribution in [2.45, 2.75) is 38.5 Å². The number of fused-ring (bicyclic) bond motifs is 1. The van der Waals surface area contributed by atoms with Crippen LogP contribution in [0.1, 0.15) is 32.3 Å². The highest BCUT2D eigenvalue weighted by Crippen LogP contribution is 2.34. The smallest absolute Gasteiger partial charge is 0.228 e. The van der Waals surface area contributed by atoms with Gasteiger partial charge in [0.15, 0.2) is 5.13 Å². The van der Waals surface area contributed by atoms with E-state index in [2.05, 4.69) is 30.9 Å². The Morgan fingerprint density at radius 3 is 2.55 bits per heavy atom. The van der Waals surface area contributed by atoms with Gasteiger partial charge in [-0.2, -0.15) is 0 Å². The molecule has 1 aromatic heterocycles. The predicted molar refractivity (Wildman–Crippen MR) is 136 cm³/mol. The third-order valence-electron chi connectivity index (χ3n) is 5.35. The van der Waals surface area contributed by atoms with Gasteiger partial charge in [0.1, 0.15) is 0 Å². The molecule has 7 heteroatoms. The fourth-order valence-corrected chi connectivity index (χ4v) is 5.47. The van der Waals surface area contributed by atoms with Crippen LogP contribution < -0.4 is 4.90 Å². The van der Waals surface area contributed by atoms with Crippen LogP contribution in [0.2, 0.25) is 5.02 Å². The van der Waals surface area contributed by atoms with Crippen LogP contribution in [0, 0.1) is 6.92 Å². The van der Waals surface area contributed by atoms with Gasteiger partial charge in [-0.1, -0.05) is 55.0 Å². The first-order chi connectivity index (χ1) is 15.0. The van der Waals surface area contributed by atoms with E-state index in [9.17, 15) is 4.79 Å². The van der Waals surface area contributed by atoms with Gasteiger partial charge < -0.3 is 4.90 Å². The second kappa shape index (κ2) is 11.9. The van der Waals surface area contributed by atoms with E-state index in [1.807, 2.05) is 42.2 Å². The molecule has 4 nitrogen and oxygen atoms in total. The summed E-state index contributed by atoms with van der Waals surface area (Å²) in [6.07, 6.45) is 1.36. The van der Waals surface area contributed by atoms with Crippen molar-refractivity contribution >= 4 is 56.0 Å². The lowest BCUT2D eigenvalue weighted by molar-refractivity contribution is -0.118. The molecule has 1 amide bonds. The van der Waals surface area contributed by atoms with E-state index in [0.717, 1.165) is 52.7 Å². The number of likely N-dealkylation sites (N-methyl/N-ethyl adjacent to an activating group) is 1. The zero-order valence-corrected chi connectivity index (χ0v) is 20.8. The molecule has 2 aromatic carbocycles. The van der Waals surface area contributed by atoms with Crippen molar-refractivity contribution < 1.29 is 4.79 Å². The first kappa shape index (κ1) is 24.1.